The van der Waals surface area contributed by atoms with Crippen LogP contribution in [0.15, 0.2) is 12.2 Å². The number of allylic oxidation sites excluding steroid dienone is 1. The Balaban J connectivity index is 3.20. The van der Waals surface area contributed by atoms with E-state index in [-0.39, 0.29) is 6.61 Å². The van der Waals surface area contributed by atoms with Gasteiger partial charge in [0.15, 0.2) is 0 Å². The third-order valence-corrected chi connectivity index (χ3v) is 3.96. The van der Waals surface area contributed by atoms with E-state index in [1.165, 1.54) is 70.6 Å². The number of hydrogen-bond donors (Lipinski definition) is 3. The summed E-state index contributed by atoms with van der Waals surface area (Å²) < 4.78 is 0. The van der Waals surface area contributed by atoms with Crippen molar-refractivity contribution in [2.24, 2.45) is 5.73 Å². The first-order valence-electron chi connectivity index (χ1n) is 8.93. The normalized spacial score (nSPS) is 14.7. The van der Waals surface area contributed by atoms with Gasteiger partial charge in [0.1, 0.15) is 0 Å². The van der Waals surface area contributed by atoms with Gasteiger partial charge in [-0.2, -0.15) is 0 Å². The van der Waals surface area contributed by atoms with Gasteiger partial charge >= 0.3 is 0 Å². The second-order valence-corrected chi connectivity index (χ2v) is 6.09. The van der Waals surface area contributed by atoms with E-state index in [9.17, 15) is 5.11 Å². The molecule has 126 valence electrons. The van der Waals surface area contributed by atoms with Crippen molar-refractivity contribution in [3.63, 3.8) is 0 Å². The summed E-state index contributed by atoms with van der Waals surface area (Å²) in [7, 11) is 0. The fourth-order valence-corrected chi connectivity index (χ4v) is 2.41. The Hall–Kier alpha value is -0.380. The molecule has 0 bridgehead atoms. The number of aliphatic hydroxyl groups is 2. The molecule has 0 spiro atoms. The molecule has 0 heterocycles. The molecule has 0 saturated carbocycles. The molecule has 0 aliphatic rings. The van der Waals surface area contributed by atoms with Gasteiger partial charge in [-0.05, 0) is 12.8 Å². The highest BCUT2D eigenvalue weighted by Gasteiger charge is 2.08. The van der Waals surface area contributed by atoms with Crippen LogP contribution in [0.2, 0.25) is 0 Å². The van der Waals surface area contributed by atoms with Gasteiger partial charge in [-0.3, -0.25) is 0 Å². The van der Waals surface area contributed by atoms with Gasteiger partial charge in [0.25, 0.3) is 0 Å². The molecular formula is C18H37NO2. The average Bonchev–Trinajstić information content (AvgIpc) is 2.50. The molecule has 0 aromatic heterocycles. The van der Waals surface area contributed by atoms with Gasteiger partial charge in [0.2, 0.25) is 0 Å². The highest BCUT2D eigenvalue weighted by atomic mass is 16.3. The van der Waals surface area contributed by atoms with E-state index < -0.39 is 12.1 Å². The summed E-state index contributed by atoms with van der Waals surface area (Å²) in [5.74, 6) is 0. The molecule has 21 heavy (non-hydrogen) atoms. The molecule has 0 radical (unpaired) electrons. The van der Waals surface area contributed by atoms with Crippen molar-refractivity contribution in [3.8, 4) is 0 Å². The molecule has 4 N–H and O–H groups in total. The van der Waals surface area contributed by atoms with E-state index in [0.29, 0.717) is 0 Å². The molecule has 0 aliphatic carbocycles. The van der Waals surface area contributed by atoms with E-state index in [1.54, 1.807) is 6.08 Å². The highest BCUT2D eigenvalue weighted by molar-refractivity contribution is 4.93. The third kappa shape index (κ3) is 14.3. The third-order valence-electron chi connectivity index (χ3n) is 3.96. The van der Waals surface area contributed by atoms with Crippen LogP contribution in [0.3, 0.4) is 0 Å². The standard InChI is InChI=1S/C18H37NO2/c1-2-3-4-5-6-7-8-9-10-11-12-13-14-15-18(21)17(19)16-20/h14-15,17-18,20-21H,2-13,16,19H2,1H3/b15-14-. The van der Waals surface area contributed by atoms with E-state index >= 15 is 0 Å². The van der Waals surface area contributed by atoms with Crippen LogP contribution in [0.1, 0.15) is 84.0 Å². The molecule has 0 aliphatic heterocycles. The van der Waals surface area contributed by atoms with Crippen molar-refractivity contribution in [2.45, 2.75) is 96.1 Å². The van der Waals surface area contributed by atoms with Gasteiger partial charge in [-0.1, -0.05) is 83.3 Å². The number of hydrogen-bond acceptors (Lipinski definition) is 3. The first-order valence-corrected chi connectivity index (χ1v) is 8.93. The topological polar surface area (TPSA) is 66.5 Å². The van der Waals surface area contributed by atoms with Crippen LogP contribution in [0.5, 0.6) is 0 Å². The lowest BCUT2D eigenvalue weighted by molar-refractivity contribution is 0.144. The predicted octanol–water partition coefficient (Wildman–Crippen LogP) is 3.92. The van der Waals surface area contributed by atoms with Crippen molar-refractivity contribution in [1.82, 2.24) is 0 Å². The minimum atomic E-state index is -0.720. The van der Waals surface area contributed by atoms with Crippen LogP contribution in [-0.2, 0) is 0 Å². The fourth-order valence-electron chi connectivity index (χ4n) is 2.41. The van der Waals surface area contributed by atoms with E-state index in [1.807, 2.05) is 6.08 Å². The lowest BCUT2D eigenvalue weighted by Crippen LogP contribution is -2.36. The lowest BCUT2D eigenvalue weighted by Gasteiger charge is -2.11. The molecule has 2 unspecified atom stereocenters. The largest absolute Gasteiger partial charge is 0.395 e. The zero-order chi connectivity index (χ0) is 15.8. The van der Waals surface area contributed by atoms with Gasteiger partial charge in [-0.25, -0.2) is 0 Å². The molecule has 0 amide bonds. The Morgan fingerprint density at radius 2 is 1.33 bits per heavy atom. The van der Waals surface area contributed by atoms with Crippen molar-refractivity contribution in [2.75, 3.05) is 6.61 Å². The molecule has 0 aromatic carbocycles. The average molecular weight is 299 g/mol. The van der Waals surface area contributed by atoms with Crippen LogP contribution in [0.25, 0.3) is 0 Å². The quantitative estimate of drug-likeness (QED) is 0.317. The highest BCUT2D eigenvalue weighted by Crippen LogP contribution is 2.12. The summed E-state index contributed by atoms with van der Waals surface area (Å²) in [6.07, 6.45) is 18.8. The zero-order valence-electron chi connectivity index (χ0n) is 14.0. The SMILES string of the molecule is CCCCCCCCCCCCC/C=C\C(O)C(N)CO. The molecule has 3 nitrogen and oxygen atoms in total. The van der Waals surface area contributed by atoms with Crippen LogP contribution in [-0.4, -0.2) is 29.0 Å². The van der Waals surface area contributed by atoms with Crippen LogP contribution >= 0.6 is 0 Å². The lowest BCUT2D eigenvalue weighted by atomic mass is 10.0. The fraction of sp³-hybridized carbons (Fsp3) is 0.889. The molecule has 2 atom stereocenters. The first kappa shape index (κ1) is 20.6. The molecule has 0 rings (SSSR count). The summed E-state index contributed by atoms with van der Waals surface area (Å²) in [4.78, 5) is 0. The maximum Gasteiger partial charge on any atom is 0.0894 e. The Bertz CT molecular complexity index is 231. The summed E-state index contributed by atoms with van der Waals surface area (Å²) in [6.45, 7) is 2.08. The van der Waals surface area contributed by atoms with Crippen molar-refractivity contribution in [3.05, 3.63) is 12.2 Å². The maximum atomic E-state index is 9.52. The number of nitrogens with two attached hydrogens (primary N) is 1. The van der Waals surface area contributed by atoms with Crippen molar-refractivity contribution in [1.29, 1.82) is 0 Å². The van der Waals surface area contributed by atoms with Gasteiger partial charge in [-0.15, -0.1) is 0 Å². The molecular weight excluding hydrogens is 262 g/mol. The van der Waals surface area contributed by atoms with Crippen LogP contribution in [0, 0.1) is 0 Å². The monoisotopic (exact) mass is 299 g/mol. The summed E-state index contributed by atoms with van der Waals surface area (Å²) >= 11 is 0. The molecule has 0 saturated heterocycles. The second-order valence-electron chi connectivity index (χ2n) is 6.09. The maximum absolute atomic E-state index is 9.52. The van der Waals surface area contributed by atoms with Crippen LogP contribution < -0.4 is 5.73 Å². The van der Waals surface area contributed by atoms with Gasteiger partial charge in [0.05, 0.1) is 18.8 Å². The van der Waals surface area contributed by atoms with E-state index in [4.69, 9.17) is 10.8 Å². The van der Waals surface area contributed by atoms with E-state index in [2.05, 4.69) is 6.92 Å². The minimum absolute atomic E-state index is 0.177. The predicted molar refractivity (Wildman–Crippen MR) is 91.3 cm³/mol. The molecule has 0 aromatic rings. The smallest absolute Gasteiger partial charge is 0.0894 e. The number of aliphatic hydroxyl groups excluding tert-OH is 2. The second kappa shape index (κ2) is 16.0. The Labute approximate surface area is 131 Å². The number of unbranched alkanes of at least 4 members (excludes halogenated alkanes) is 11. The zero-order valence-corrected chi connectivity index (χ0v) is 14.0. The number of rotatable bonds is 15. The summed E-state index contributed by atoms with van der Waals surface area (Å²) in [5, 5.41) is 18.3. The van der Waals surface area contributed by atoms with E-state index in [0.717, 1.165) is 6.42 Å². The van der Waals surface area contributed by atoms with Crippen molar-refractivity contribution >= 4 is 0 Å². The minimum Gasteiger partial charge on any atom is -0.395 e. The molecule has 3 heteroatoms. The summed E-state index contributed by atoms with van der Waals surface area (Å²) in [6, 6.07) is -0.557. The van der Waals surface area contributed by atoms with Gasteiger partial charge < -0.3 is 15.9 Å². The summed E-state index contributed by atoms with van der Waals surface area (Å²) in [5.41, 5.74) is 5.51. The first-order chi connectivity index (χ1) is 10.2. The van der Waals surface area contributed by atoms with Crippen LogP contribution in [0.4, 0.5) is 0 Å². The van der Waals surface area contributed by atoms with Gasteiger partial charge in [0, 0.05) is 0 Å². The Kier molecular flexibility index (Phi) is 15.7. The Morgan fingerprint density at radius 3 is 1.81 bits per heavy atom. The Morgan fingerprint density at radius 1 is 0.857 bits per heavy atom. The molecule has 0 fully saturated rings. The van der Waals surface area contributed by atoms with Crippen molar-refractivity contribution < 1.29 is 10.2 Å².